The lowest BCUT2D eigenvalue weighted by molar-refractivity contribution is -0.384. The predicted molar refractivity (Wildman–Crippen MR) is 78.7 cm³/mol. The molecule has 0 aromatic heterocycles. The molecule has 0 heterocycles. The number of nitrogens with zero attached hydrogens (tertiary/aromatic N) is 2. The minimum absolute atomic E-state index is 0.0153. The first kappa shape index (κ1) is 16.4. The van der Waals surface area contributed by atoms with Crippen LogP contribution in [-0.4, -0.2) is 50.9 Å². The van der Waals surface area contributed by atoms with Crippen LogP contribution in [0.3, 0.4) is 0 Å². The molecule has 0 amide bonds. The zero-order chi connectivity index (χ0) is 15.3. The smallest absolute Gasteiger partial charge is 0.292 e. The SMILES string of the molecule is CNc1c(CN(C)CCS(C)(=O)=O)cccc1[N+](=O)[O-]. The number of rotatable bonds is 7. The van der Waals surface area contributed by atoms with E-state index in [1.54, 1.807) is 26.2 Å². The first-order chi connectivity index (χ1) is 9.24. The maximum absolute atomic E-state index is 11.1. The van der Waals surface area contributed by atoms with E-state index in [-0.39, 0.29) is 11.4 Å². The van der Waals surface area contributed by atoms with Crippen LogP contribution >= 0.6 is 0 Å². The zero-order valence-electron chi connectivity index (χ0n) is 11.8. The summed E-state index contributed by atoms with van der Waals surface area (Å²) in [6.45, 7) is 0.818. The van der Waals surface area contributed by atoms with Crippen LogP contribution < -0.4 is 5.32 Å². The highest BCUT2D eigenvalue weighted by molar-refractivity contribution is 7.90. The van der Waals surface area contributed by atoms with Gasteiger partial charge in [0.1, 0.15) is 15.5 Å². The fourth-order valence-electron chi connectivity index (χ4n) is 1.85. The molecular formula is C12H19N3O4S. The van der Waals surface area contributed by atoms with Crippen molar-refractivity contribution in [1.82, 2.24) is 4.90 Å². The molecule has 0 atom stereocenters. The number of anilines is 1. The van der Waals surface area contributed by atoms with Crippen LogP contribution in [0, 0.1) is 10.1 Å². The molecule has 8 heteroatoms. The molecule has 20 heavy (non-hydrogen) atoms. The third-order valence-corrected chi connectivity index (χ3v) is 3.78. The van der Waals surface area contributed by atoms with Crippen LogP contribution in [0.5, 0.6) is 0 Å². The van der Waals surface area contributed by atoms with Crippen LogP contribution in [0.15, 0.2) is 18.2 Å². The zero-order valence-corrected chi connectivity index (χ0v) is 12.6. The molecule has 0 aliphatic carbocycles. The predicted octanol–water partition coefficient (Wildman–Crippen LogP) is 1.11. The number of nitro benzene ring substituents is 1. The largest absolute Gasteiger partial charge is 0.382 e. The van der Waals surface area contributed by atoms with Gasteiger partial charge < -0.3 is 10.2 Å². The highest BCUT2D eigenvalue weighted by Crippen LogP contribution is 2.28. The van der Waals surface area contributed by atoms with E-state index in [0.717, 1.165) is 5.56 Å². The molecular weight excluding hydrogens is 282 g/mol. The Hall–Kier alpha value is -1.67. The Morgan fingerprint density at radius 1 is 1.40 bits per heavy atom. The van der Waals surface area contributed by atoms with Crippen LogP contribution in [0.1, 0.15) is 5.56 Å². The van der Waals surface area contributed by atoms with Gasteiger partial charge in [0.2, 0.25) is 0 Å². The fraction of sp³-hybridized carbons (Fsp3) is 0.500. The van der Waals surface area contributed by atoms with Crippen molar-refractivity contribution < 1.29 is 13.3 Å². The molecule has 0 unspecified atom stereocenters. The molecule has 0 aliphatic heterocycles. The van der Waals surface area contributed by atoms with Gasteiger partial charge >= 0.3 is 0 Å². The number of nitrogens with one attached hydrogen (secondary N) is 1. The third-order valence-electron chi connectivity index (χ3n) is 2.86. The van der Waals surface area contributed by atoms with E-state index >= 15 is 0 Å². The number of para-hydroxylation sites is 1. The molecule has 112 valence electrons. The van der Waals surface area contributed by atoms with Gasteiger partial charge in [-0.2, -0.15) is 0 Å². The molecule has 1 N–H and O–H groups in total. The minimum atomic E-state index is -3.01. The van der Waals surface area contributed by atoms with E-state index in [1.165, 1.54) is 12.3 Å². The Morgan fingerprint density at radius 2 is 2.05 bits per heavy atom. The quantitative estimate of drug-likeness (QED) is 0.599. The highest BCUT2D eigenvalue weighted by Gasteiger charge is 2.17. The Balaban J connectivity index is 2.87. The summed E-state index contributed by atoms with van der Waals surface area (Å²) in [6, 6.07) is 4.85. The van der Waals surface area contributed by atoms with Crippen molar-refractivity contribution in [3.8, 4) is 0 Å². The molecule has 0 bridgehead atoms. The summed E-state index contributed by atoms with van der Waals surface area (Å²) in [4.78, 5) is 12.3. The van der Waals surface area contributed by atoms with Crippen molar-refractivity contribution in [1.29, 1.82) is 0 Å². The van der Waals surface area contributed by atoms with Crippen molar-refractivity contribution >= 4 is 21.2 Å². The van der Waals surface area contributed by atoms with E-state index < -0.39 is 14.8 Å². The monoisotopic (exact) mass is 301 g/mol. The summed E-state index contributed by atoms with van der Waals surface area (Å²) in [5.74, 6) is 0.0628. The van der Waals surface area contributed by atoms with Crippen molar-refractivity contribution in [2.75, 3.05) is 38.0 Å². The van der Waals surface area contributed by atoms with E-state index in [4.69, 9.17) is 0 Å². The second-order valence-corrected chi connectivity index (χ2v) is 6.95. The molecule has 0 saturated heterocycles. The first-order valence-electron chi connectivity index (χ1n) is 6.05. The molecule has 1 rings (SSSR count). The Bertz CT molecular complexity index is 586. The van der Waals surface area contributed by atoms with E-state index in [1.807, 2.05) is 4.90 Å². The maximum Gasteiger partial charge on any atom is 0.292 e. The van der Waals surface area contributed by atoms with Crippen LogP contribution in [0.25, 0.3) is 0 Å². The van der Waals surface area contributed by atoms with Crippen LogP contribution in [0.2, 0.25) is 0 Å². The molecule has 0 aliphatic rings. The van der Waals surface area contributed by atoms with Crippen molar-refractivity contribution in [2.45, 2.75) is 6.54 Å². The molecule has 1 aromatic rings. The lowest BCUT2D eigenvalue weighted by Crippen LogP contribution is -2.25. The van der Waals surface area contributed by atoms with Gasteiger partial charge in [0.15, 0.2) is 0 Å². The van der Waals surface area contributed by atoms with E-state index in [2.05, 4.69) is 5.32 Å². The third kappa shape index (κ3) is 4.78. The number of nitro groups is 1. The second kappa shape index (κ2) is 6.67. The van der Waals surface area contributed by atoms with Crippen molar-refractivity contribution in [2.24, 2.45) is 0 Å². The average molecular weight is 301 g/mol. The normalized spacial score (nSPS) is 11.6. The van der Waals surface area contributed by atoms with E-state index in [0.29, 0.717) is 18.8 Å². The van der Waals surface area contributed by atoms with Gasteiger partial charge in [-0.25, -0.2) is 8.42 Å². The van der Waals surface area contributed by atoms with Crippen molar-refractivity contribution in [3.05, 3.63) is 33.9 Å². The molecule has 7 nitrogen and oxygen atoms in total. The van der Waals surface area contributed by atoms with Gasteiger partial charge in [0, 0.05) is 32.5 Å². The lowest BCUT2D eigenvalue weighted by atomic mass is 10.1. The average Bonchev–Trinajstić information content (AvgIpc) is 2.35. The van der Waals surface area contributed by atoms with Gasteiger partial charge in [-0.05, 0) is 12.6 Å². The molecule has 0 saturated carbocycles. The second-order valence-electron chi connectivity index (χ2n) is 4.69. The topological polar surface area (TPSA) is 92.6 Å². The molecule has 0 fully saturated rings. The Labute approximate surface area is 118 Å². The van der Waals surface area contributed by atoms with Crippen molar-refractivity contribution in [3.63, 3.8) is 0 Å². The number of hydrogen-bond acceptors (Lipinski definition) is 6. The summed E-state index contributed by atoms with van der Waals surface area (Å²) in [7, 11) is 0.394. The van der Waals surface area contributed by atoms with Gasteiger partial charge in [0.25, 0.3) is 5.69 Å². The first-order valence-corrected chi connectivity index (χ1v) is 8.11. The number of benzene rings is 1. The highest BCUT2D eigenvalue weighted by atomic mass is 32.2. The fourth-order valence-corrected chi connectivity index (χ4v) is 2.49. The standard InChI is InChI=1S/C12H19N3O4S/c1-13-12-10(5-4-6-11(12)15(16)17)9-14(2)7-8-20(3,18)19/h4-6,13H,7-9H2,1-3H3. The summed E-state index contributed by atoms with van der Waals surface area (Å²) in [5, 5.41) is 13.8. The minimum Gasteiger partial charge on any atom is -0.382 e. The van der Waals surface area contributed by atoms with Gasteiger partial charge in [-0.15, -0.1) is 0 Å². The number of sulfone groups is 1. The summed E-state index contributed by atoms with van der Waals surface area (Å²) in [5.41, 5.74) is 1.24. The van der Waals surface area contributed by atoms with Gasteiger partial charge in [-0.1, -0.05) is 12.1 Å². The summed E-state index contributed by atoms with van der Waals surface area (Å²) < 4.78 is 22.3. The Morgan fingerprint density at radius 3 is 2.55 bits per heavy atom. The maximum atomic E-state index is 11.1. The molecule has 1 aromatic carbocycles. The van der Waals surface area contributed by atoms with Crippen LogP contribution in [-0.2, 0) is 16.4 Å². The Kier molecular flexibility index (Phi) is 5.46. The summed E-state index contributed by atoms with van der Waals surface area (Å²) >= 11 is 0. The van der Waals surface area contributed by atoms with E-state index in [9.17, 15) is 18.5 Å². The molecule has 0 spiro atoms. The van der Waals surface area contributed by atoms with Crippen LogP contribution in [0.4, 0.5) is 11.4 Å². The summed E-state index contributed by atoms with van der Waals surface area (Å²) in [6.07, 6.45) is 1.19. The number of hydrogen-bond donors (Lipinski definition) is 1. The lowest BCUT2D eigenvalue weighted by Gasteiger charge is -2.18. The van der Waals surface area contributed by atoms with Gasteiger partial charge in [-0.3, -0.25) is 10.1 Å². The van der Waals surface area contributed by atoms with Gasteiger partial charge in [0.05, 0.1) is 10.7 Å². The molecule has 0 radical (unpaired) electrons.